The molecule has 6 heteroatoms. The predicted molar refractivity (Wildman–Crippen MR) is 79.2 cm³/mol. The van der Waals surface area contributed by atoms with E-state index in [0.717, 1.165) is 0 Å². The number of carbonyl (C=O) groups is 2. The second-order valence-corrected chi connectivity index (χ2v) is 6.12. The molecular weight excluding hydrogens is 322 g/mol. The average Bonchev–Trinajstić information content (AvgIpc) is 2.40. The van der Waals surface area contributed by atoms with Gasteiger partial charge >= 0.3 is 0 Å². The molecule has 1 unspecified atom stereocenters. The second kappa shape index (κ2) is 6.35. The van der Waals surface area contributed by atoms with Crippen molar-refractivity contribution in [3.63, 3.8) is 0 Å². The minimum atomic E-state index is -0.412. The van der Waals surface area contributed by atoms with Crippen molar-refractivity contribution < 1.29 is 9.59 Å². The van der Waals surface area contributed by atoms with Crippen molar-refractivity contribution in [1.82, 2.24) is 15.2 Å². The Kier molecular flexibility index (Phi) is 4.75. The summed E-state index contributed by atoms with van der Waals surface area (Å²) in [4.78, 5) is 30.4. The van der Waals surface area contributed by atoms with E-state index >= 15 is 0 Å². The van der Waals surface area contributed by atoms with Crippen LogP contribution in [0.15, 0.2) is 22.8 Å². The van der Waals surface area contributed by atoms with Crippen molar-refractivity contribution in [2.75, 3.05) is 13.1 Å². The first-order valence-electron chi connectivity index (χ1n) is 6.70. The van der Waals surface area contributed by atoms with E-state index in [1.807, 2.05) is 13.8 Å². The van der Waals surface area contributed by atoms with Crippen LogP contribution in [-0.4, -0.2) is 40.8 Å². The van der Waals surface area contributed by atoms with Crippen LogP contribution in [0.5, 0.6) is 0 Å². The van der Waals surface area contributed by atoms with E-state index in [2.05, 4.69) is 26.2 Å². The lowest BCUT2D eigenvalue weighted by Gasteiger charge is -2.35. The highest BCUT2D eigenvalue weighted by molar-refractivity contribution is 9.10. The molecule has 0 aromatic carbocycles. The van der Waals surface area contributed by atoms with Crippen LogP contribution in [0, 0.1) is 5.92 Å². The van der Waals surface area contributed by atoms with Gasteiger partial charge in [0.2, 0.25) is 5.91 Å². The van der Waals surface area contributed by atoms with Crippen LogP contribution in [-0.2, 0) is 4.79 Å². The fourth-order valence-corrected chi connectivity index (χ4v) is 2.74. The van der Waals surface area contributed by atoms with Gasteiger partial charge in [0.25, 0.3) is 5.91 Å². The highest BCUT2D eigenvalue weighted by atomic mass is 79.9. The summed E-state index contributed by atoms with van der Waals surface area (Å²) in [6, 6.07) is 3.13. The number of nitrogens with zero attached hydrogens (tertiary/aromatic N) is 2. The zero-order valence-electron chi connectivity index (χ0n) is 11.6. The molecule has 1 aliphatic heterocycles. The Morgan fingerprint density at radius 2 is 2.35 bits per heavy atom. The molecule has 20 heavy (non-hydrogen) atoms. The summed E-state index contributed by atoms with van der Waals surface area (Å²) >= 11 is 3.34. The molecule has 1 atom stereocenters. The Labute approximate surface area is 126 Å². The number of halogens is 1. The number of amides is 2. The first-order valence-corrected chi connectivity index (χ1v) is 7.49. The maximum atomic E-state index is 12.6. The summed E-state index contributed by atoms with van der Waals surface area (Å²) in [5.74, 6) is 0.0645. The monoisotopic (exact) mass is 339 g/mol. The van der Waals surface area contributed by atoms with Crippen LogP contribution >= 0.6 is 15.9 Å². The third-order valence-corrected chi connectivity index (χ3v) is 3.89. The lowest BCUT2D eigenvalue weighted by atomic mass is 9.99. The molecule has 1 saturated heterocycles. The first kappa shape index (κ1) is 15.0. The lowest BCUT2D eigenvalue weighted by Crippen LogP contribution is -2.57. The maximum absolute atomic E-state index is 12.6. The van der Waals surface area contributed by atoms with Gasteiger partial charge in [0.1, 0.15) is 11.7 Å². The van der Waals surface area contributed by atoms with Crippen LogP contribution in [0.2, 0.25) is 0 Å². The van der Waals surface area contributed by atoms with E-state index in [0.29, 0.717) is 35.6 Å². The van der Waals surface area contributed by atoms with Gasteiger partial charge in [0, 0.05) is 23.8 Å². The van der Waals surface area contributed by atoms with E-state index in [9.17, 15) is 9.59 Å². The minimum Gasteiger partial charge on any atom is -0.353 e. The Balaban J connectivity index is 2.26. The van der Waals surface area contributed by atoms with Gasteiger partial charge in [0.05, 0.1) is 0 Å². The number of piperazine rings is 1. The number of hydrogen-bond donors (Lipinski definition) is 1. The summed E-state index contributed by atoms with van der Waals surface area (Å²) in [6.45, 7) is 5.09. The van der Waals surface area contributed by atoms with Gasteiger partial charge in [-0.15, -0.1) is 0 Å². The van der Waals surface area contributed by atoms with Crippen molar-refractivity contribution in [2.24, 2.45) is 5.92 Å². The lowest BCUT2D eigenvalue weighted by molar-refractivity contribution is -0.128. The van der Waals surface area contributed by atoms with E-state index in [1.54, 1.807) is 23.2 Å². The van der Waals surface area contributed by atoms with Crippen LogP contribution in [0.3, 0.4) is 0 Å². The molecule has 0 bridgehead atoms. The molecule has 5 nitrogen and oxygen atoms in total. The fraction of sp³-hybridized carbons (Fsp3) is 0.500. The highest BCUT2D eigenvalue weighted by Gasteiger charge is 2.34. The first-order chi connectivity index (χ1) is 9.50. The van der Waals surface area contributed by atoms with Crippen LogP contribution in [0.25, 0.3) is 0 Å². The van der Waals surface area contributed by atoms with Crippen molar-refractivity contribution in [3.05, 3.63) is 28.5 Å². The fourth-order valence-electron chi connectivity index (χ4n) is 2.32. The Morgan fingerprint density at radius 3 is 3.00 bits per heavy atom. The number of aromatic nitrogens is 1. The van der Waals surface area contributed by atoms with Crippen molar-refractivity contribution in [2.45, 2.75) is 26.3 Å². The van der Waals surface area contributed by atoms with Gasteiger partial charge in [-0.1, -0.05) is 13.8 Å². The summed E-state index contributed by atoms with van der Waals surface area (Å²) < 4.78 is 0.652. The Bertz CT molecular complexity index is 519. The van der Waals surface area contributed by atoms with Gasteiger partial charge in [-0.3, -0.25) is 9.59 Å². The third-order valence-electron chi connectivity index (χ3n) is 3.25. The Morgan fingerprint density at radius 1 is 1.60 bits per heavy atom. The topological polar surface area (TPSA) is 62.3 Å². The van der Waals surface area contributed by atoms with Gasteiger partial charge in [-0.05, 0) is 40.4 Å². The molecule has 2 rings (SSSR count). The maximum Gasteiger partial charge on any atom is 0.274 e. The van der Waals surface area contributed by atoms with E-state index in [1.165, 1.54) is 0 Å². The van der Waals surface area contributed by atoms with Gasteiger partial charge in [0.15, 0.2) is 0 Å². The predicted octanol–water partition coefficient (Wildman–Crippen LogP) is 1.83. The largest absolute Gasteiger partial charge is 0.353 e. The summed E-state index contributed by atoms with van der Waals surface area (Å²) in [5, 5.41) is 2.82. The summed E-state index contributed by atoms with van der Waals surface area (Å²) in [5.41, 5.74) is 0.357. The van der Waals surface area contributed by atoms with Gasteiger partial charge in [-0.2, -0.15) is 0 Å². The zero-order valence-corrected chi connectivity index (χ0v) is 13.2. The quantitative estimate of drug-likeness (QED) is 0.913. The molecule has 0 saturated carbocycles. The molecule has 0 radical (unpaired) electrons. The van der Waals surface area contributed by atoms with E-state index in [-0.39, 0.29) is 11.8 Å². The van der Waals surface area contributed by atoms with E-state index in [4.69, 9.17) is 0 Å². The molecule has 1 fully saturated rings. The molecule has 0 aliphatic carbocycles. The number of carbonyl (C=O) groups excluding carboxylic acids is 2. The van der Waals surface area contributed by atoms with Gasteiger partial charge in [-0.25, -0.2) is 4.98 Å². The second-order valence-electron chi connectivity index (χ2n) is 5.27. The number of nitrogens with one attached hydrogen (secondary N) is 1. The summed E-state index contributed by atoms with van der Waals surface area (Å²) in [6.07, 6.45) is 2.24. The van der Waals surface area contributed by atoms with Crippen molar-refractivity contribution >= 4 is 27.7 Å². The minimum absolute atomic E-state index is 0.0784. The number of rotatable bonds is 3. The normalized spacial score (nSPS) is 19.1. The van der Waals surface area contributed by atoms with E-state index < -0.39 is 6.04 Å². The standard InChI is InChI=1S/C14H18BrN3O2/c1-9(2)8-11-13(19)17-6-7-18(11)14(20)12-10(15)4-3-5-16-12/h3-5,9,11H,6-8H2,1-2H3,(H,17,19). The molecule has 0 spiro atoms. The van der Waals surface area contributed by atoms with Crippen LogP contribution < -0.4 is 5.32 Å². The van der Waals surface area contributed by atoms with Crippen molar-refractivity contribution in [3.8, 4) is 0 Å². The Hall–Kier alpha value is -1.43. The van der Waals surface area contributed by atoms with Crippen molar-refractivity contribution in [1.29, 1.82) is 0 Å². The molecule has 1 aromatic rings. The van der Waals surface area contributed by atoms with Crippen LogP contribution in [0.1, 0.15) is 30.8 Å². The molecule has 2 amide bonds. The average molecular weight is 340 g/mol. The SMILES string of the molecule is CC(C)CC1C(=O)NCCN1C(=O)c1ncccc1Br. The third kappa shape index (κ3) is 3.17. The van der Waals surface area contributed by atoms with Crippen LogP contribution in [0.4, 0.5) is 0 Å². The molecule has 1 N–H and O–H groups in total. The molecular formula is C14H18BrN3O2. The zero-order chi connectivity index (χ0) is 14.7. The highest BCUT2D eigenvalue weighted by Crippen LogP contribution is 2.20. The van der Waals surface area contributed by atoms with Gasteiger partial charge < -0.3 is 10.2 Å². The summed E-state index contributed by atoms with van der Waals surface area (Å²) in [7, 11) is 0. The number of pyridine rings is 1. The smallest absolute Gasteiger partial charge is 0.274 e. The molecule has 1 aliphatic rings. The number of hydrogen-bond acceptors (Lipinski definition) is 3. The molecule has 2 heterocycles. The molecule has 108 valence electrons. The molecule has 1 aromatic heterocycles.